The molecule has 132 valence electrons. The van der Waals surface area contributed by atoms with Crippen LogP contribution in [0.15, 0.2) is 27.8 Å². The van der Waals surface area contributed by atoms with E-state index in [0.717, 1.165) is 44.3 Å². The van der Waals surface area contributed by atoms with Crippen molar-refractivity contribution in [1.82, 2.24) is 15.5 Å². The van der Waals surface area contributed by atoms with E-state index in [-0.39, 0.29) is 24.0 Å². The Labute approximate surface area is 157 Å². The van der Waals surface area contributed by atoms with Gasteiger partial charge in [0, 0.05) is 25.6 Å². The Morgan fingerprint density at radius 1 is 1.35 bits per heavy atom. The van der Waals surface area contributed by atoms with Crippen LogP contribution < -0.4 is 10.6 Å². The van der Waals surface area contributed by atoms with Gasteiger partial charge in [0.25, 0.3) is 0 Å². The van der Waals surface area contributed by atoms with E-state index in [9.17, 15) is 0 Å². The highest BCUT2D eigenvalue weighted by Crippen LogP contribution is 2.16. The molecule has 0 saturated carbocycles. The molecule has 2 heterocycles. The van der Waals surface area contributed by atoms with Crippen molar-refractivity contribution < 1.29 is 4.42 Å². The highest BCUT2D eigenvalue weighted by Gasteiger charge is 2.20. The second-order valence-corrected chi connectivity index (χ2v) is 5.75. The minimum atomic E-state index is 0. The van der Waals surface area contributed by atoms with Crippen LogP contribution in [0.3, 0.4) is 0 Å². The minimum Gasteiger partial charge on any atom is -0.469 e. The Morgan fingerprint density at radius 3 is 2.91 bits per heavy atom. The van der Waals surface area contributed by atoms with Gasteiger partial charge >= 0.3 is 0 Å². The lowest BCUT2D eigenvalue weighted by atomic mass is 10.0. The summed E-state index contributed by atoms with van der Waals surface area (Å²) in [5.74, 6) is 1.92. The van der Waals surface area contributed by atoms with Gasteiger partial charge in [0.15, 0.2) is 5.96 Å². The molecule has 1 aromatic heterocycles. The fourth-order valence-corrected chi connectivity index (χ4v) is 2.98. The number of piperidine rings is 1. The van der Waals surface area contributed by atoms with E-state index < -0.39 is 0 Å². The SMILES string of the molecule is CCNC(=NCC1CCCCN1CC)NCCc1ccco1.I. The maximum Gasteiger partial charge on any atom is 0.191 e. The monoisotopic (exact) mass is 434 g/mol. The van der Waals surface area contributed by atoms with Crippen molar-refractivity contribution >= 4 is 29.9 Å². The van der Waals surface area contributed by atoms with Crippen molar-refractivity contribution in [2.45, 2.75) is 45.6 Å². The molecule has 1 aliphatic rings. The third kappa shape index (κ3) is 7.12. The van der Waals surface area contributed by atoms with Gasteiger partial charge in [-0.3, -0.25) is 9.89 Å². The number of hydrogen-bond donors (Lipinski definition) is 2. The summed E-state index contributed by atoms with van der Waals surface area (Å²) in [6, 6.07) is 4.53. The van der Waals surface area contributed by atoms with Crippen LogP contribution in [0.2, 0.25) is 0 Å². The highest BCUT2D eigenvalue weighted by molar-refractivity contribution is 14.0. The van der Waals surface area contributed by atoms with Crippen molar-refractivity contribution in [2.75, 3.05) is 32.7 Å². The Bertz CT molecular complexity index is 436. The summed E-state index contributed by atoms with van der Waals surface area (Å²) in [7, 11) is 0. The summed E-state index contributed by atoms with van der Waals surface area (Å²) < 4.78 is 5.35. The molecule has 0 radical (unpaired) electrons. The van der Waals surface area contributed by atoms with Crippen molar-refractivity contribution in [2.24, 2.45) is 4.99 Å². The number of halogens is 1. The summed E-state index contributed by atoms with van der Waals surface area (Å²) in [6.07, 6.45) is 6.52. The first-order chi connectivity index (χ1) is 10.8. The van der Waals surface area contributed by atoms with Crippen LogP contribution >= 0.6 is 24.0 Å². The number of likely N-dealkylation sites (tertiary alicyclic amines) is 1. The Kier molecular flexibility index (Phi) is 10.3. The maximum atomic E-state index is 5.35. The standard InChI is InChI=1S/C17H30N4O.HI/c1-3-18-17(19-11-10-16-9-7-13-22-16)20-14-15-8-5-6-12-21(15)4-2;/h7,9,13,15H,3-6,8,10-12,14H2,1-2H3,(H2,18,19,20);1H. The number of aliphatic imine (C=N–C) groups is 1. The van der Waals surface area contributed by atoms with Gasteiger partial charge in [-0.05, 0) is 45.0 Å². The maximum absolute atomic E-state index is 5.35. The third-order valence-corrected chi connectivity index (χ3v) is 4.20. The second-order valence-electron chi connectivity index (χ2n) is 5.75. The number of likely N-dealkylation sites (N-methyl/N-ethyl adjacent to an activating group) is 1. The number of guanidine groups is 1. The van der Waals surface area contributed by atoms with Crippen LogP contribution in [0.5, 0.6) is 0 Å². The van der Waals surface area contributed by atoms with Crippen molar-refractivity contribution in [3.05, 3.63) is 24.2 Å². The second kappa shape index (κ2) is 11.7. The van der Waals surface area contributed by atoms with Gasteiger partial charge in [-0.15, -0.1) is 24.0 Å². The largest absolute Gasteiger partial charge is 0.469 e. The number of nitrogens with zero attached hydrogens (tertiary/aromatic N) is 2. The van der Waals surface area contributed by atoms with Gasteiger partial charge in [0.2, 0.25) is 0 Å². The molecule has 0 aliphatic carbocycles. The Hall–Kier alpha value is -0.760. The first-order valence-corrected chi connectivity index (χ1v) is 8.62. The van der Waals surface area contributed by atoms with Gasteiger partial charge < -0.3 is 15.1 Å². The quantitative estimate of drug-likeness (QED) is 0.394. The van der Waals surface area contributed by atoms with E-state index >= 15 is 0 Å². The number of nitrogens with one attached hydrogen (secondary N) is 2. The van der Waals surface area contributed by atoms with Crippen molar-refractivity contribution in [3.63, 3.8) is 0 Å². The molecule has 1 aromatic rings. The van der Waals surface area contributed by atoms with E-state index in [4.69, 9.17) is 9.41 Å². The fraction of sp³-hybridized carbons (Fsp3) is 0.706. The number of hydrogen-bond acceptors (Lipinski definition) is 3. The van der Waals surface area contributed by atoms with Crippen LogP contribution in [-0.4, -0.2) is 49.6 Å². The zero-order valence-electron chi connectivity index (χ0n) is 14.4. The van der Waals surface area contributed by atoms with Crippen LogP contribution in [0.4, 0.5) is 0 Å². The molecular weight excluding hydrogens is 403 g/mol. The lowest BCUT2D eigenvalue weighted by Gasteiger charge is -2.33. The first kappa shape index (κ1) is 20.3. The third-order valence-electron chi connectivity index (χ3n) is 4.20. The summed E-state index contributed by atoms with van der Waals surface area (Å²) in [4.78, 5) is 7.33. The lowest BCUT2D eigenvalue weighted by molar-refractivity contribution is 0.161. The van der Waals surface area contributed by atoms with Crippen LogP contribution in [-0.2, 0) is 6.42 Å². The topological polar surface area (TPSA) is 52.8 Å². The molecule has 1 fully saturated rings. The average molecular weight is 434 g/mol. The zero-order chi connectivity index (χ0) is 15.6. The first-order valence-electron chi connectivity index (χ1n) is 8.62. The van der Waals surface area contributed by atoms with Crippen LogP contribution in [0.1, 0.15) is 38.9 Å². The van der Waals surface area contributed by atoms with Crippen LogP contribution in [0, 0.1) is 0 Å². The molecule has 6 heteroatoms. The summed E-state index contributed by atoms with van der Waals surface area (Å²) >= 11 is 0. The molecule has 2 N–H and O–H groups in total. The highest BCUT2D eigenvalue weighted by atomic mass is 127. The zero-order valence-corrected chi connectivity index (χ0v) is 16.7. The van der Waals surface area contributed by atoms with Gasteiger partial charge in [-0.25, -0.2) is 0 Å². The Balaban J connectivity index is 0.00000264. The normalized spacial score (nSPS) is 19.2. The van der Waals surface area contributed by atoms with Crippen LogP contribution in [0.25, 0.3) is 0 Å². The van der Waals surface area contributed by atoms with E-state index in [1.807, 2.05) is 12.1 Å². The number of rotatable bonds is 7. The summed E-state index contributed by atoms with van der Waals surface area (Å²) in [6.45, 7) is 9.29. The molecule has 5 nitrogen and oxygen atoms in total. The van der Waals surface area contributed by atoms with E-state index in [1.54, 1.807) is 6.26 Å². The van der Waals surface area contributed by atoms with E-state index in [2.05, 4.69) is 29.4 Å². The molecule has 1 aliphatic heterocycles. The van der Waals surface area contributed by atoms with Gasteiger partial charge in [0.05, 0.1) is 12.8 Å². The molecule has 23 heavy (non-hydrogen) atoms. The van der Waals surface area contributed by atoms with Crippen molar-refractivity contribution in [3.8, 4) is 0 Å². The van der Waals surface area contributed by atoms with Gasteiger partial charge in [-0.1, -0.05) is 13.3 Å². The van der Waals surface area contributed by atoms with Gasteiger partial charge in [0.1, 0.15) is 5.76 Å². The van der Waals surface area contributed by atoms with Crippen molar-refractivity contribution in [1.29, 1.82) is 0 Å². The molecule has 0 amide bonds. The molecule has 0 bridgehead atoms. The van der Waals surface area contributed by atoms with E-state index in [0.29, 0.717) is 6.04 Å². The average Bonchev–Trinajstić information content (AvgIpc) is 3.06. The Morgan fingerprint density at radius 2 is 2.22 bits per heavy atom. The summed E-state index contributed by atoms with van der Waals surface area (Å²) in [5, 5.41) is 6.72. The summed E-state index contributed by atoms with van der Waals surface area (Å²) in [5.41, 5.74) is 0. The predicted octanol–water partition coefficient (Wildman–Crippen LogP) is 2.87. The smallest absolute Gasteiger partial charge is 0.191 e. The molecule has 2 rings (SSSR count). The molecule has 0 aromatic carbocycles. The van der Waals surface area contributed by atoms with E-state index in [1.165, 1.54) is 25.8 Å². The minimum absolute atomic E-state index is 0. The fourth-order valence-electron chi connectivity index (χ4n) is 2.98. The number of furan rings is 1. The predicted molar refractivity (Wildman–Crippen MR) is 107 cm³/mol. The molecule has 0 spiro atoms. The lowest BCUT2D eigenvalue weighted by Crippen LogP contribution is -2.43. The molecular formula is C17H31IN4O. The molecule has 1 atom stereocenters. The van der Waals surface area contributed by atoms with Gasteiger partial charge in [-0.2, -0.15) is 0 Å². The molecule has 1 saturated heterocycles. The molecule has 1 unspecified atom stereocenters.